The molecule has 10 N–H and O–H groups in total. The highest BCUT2D eigenvalue weighted by Crippen LogP contribution is 2.32. The molecule has 35 heavy (non-hydrogen) atoms. The number of rotatable bonds is 12. The van der Waals surface area contributed by atoms with Gasteiger partial charge >= 0.3 is 0 Å². The molecule has 12 nitrogen and oxygen atoms in total. The first-order valence-electron chi connectivity index (χ1n) is 11.3. The topological polar surface area (TPSA) is 206 Å². The summed E-state index contributed by atoms with van der Waals surface area (Å²) in [6, 6.07) is 7.84. The Balaban J connectivity index is 1.61. The van der Waals surface area contributed by atoms with Crippen molar-refractivity contribution in [3.05, 3.63) is 53.3 Å². The van der Waals surface area contributed by atoms with Gasteiger partial charge < -0.3 is 37.7 Å². The predicted molar refractivity (Wildman–Crippen MR) is 133 cm³/mol. The average molecular weight is 482 g/mol. The molecule has 1 heterocycles. The molecule has 2 aromatic rings. The minimum Gasteiger partial charge on any atom is -0.388 e. The van der Waals surface area contributed by atoms with Crippen LogP contribution in [-0.2, 0) is 6.54 Å². The molecule has 12 heteroatoms. The number of carbonyl (C=O) groups excluding carboxylic acids is 3. The van der Waals surface area contributed by atoms with E-state index in [1.165, 1.54) is 0 Å². The Morgan fingerprint density at radius 2 is 1.60 bits per heavy atom. The van der Waals surface area contributed by atoms with Crippen molar-refractivity contribution in [1.29, 1.82) is 5.41 Å². The van der Waals surface area contributed by atoms with E-state index in [1.54, 1.807) is 36.5 Å². The molecule has 0 radical (unpaired) electrons. The normalized spacial score (nSPS) is 12.5. The molecule has 1 saturated carbocycles. The Labute approximate surface area is 202 Å². The van der Waals surface area contributed by atoms with E-state index in [9.17, 15) is 14.4 Å². The standard InChI is InChI=1S/C23H31N9O3/c24-19(25)7-8-28-22(35)18-11-17(13-32(18)12-14-1-2-14)31-21(34)16-5-3-15(4-6-16)20(33)29-9-10-30-23(26)27/h3-6,11,13-14H,1-2,7-10,12H2,(H3,24,25)(H,28,35)(H,29,33)(H,31,34)(H4,26,27,30). The van der Waals surface area contributed by atoms with E-state index < -0.39 is 0 Å². The van der Waals surface area contributed by atoms with Crippen molar-refractivity contribution in [2.45, 2.75) is 25.8 Å². The maximum atomic E-state index is 12.7. The van der Waals surface area contributed by atoms with E-state index >= 15 is 0 Å². The zero-order valence-corrected chi connectivity index (χ0v) is 19.3. The Morgan fingerprint density at radius 1 is 0.971 bits per heavy atom. The summed E-state index contributed by atoms with van der Waals surface area (Å²) in [5.41, 5.74) is 17.5. The van der Waals surface area contributed by atoms with Crippen LogP contribution in [0.4, 0.5) is 5.69 Å². The Bertz CT molecular complexity index is 1110. The number of carbonyl (C=O) groups is 3. The molecule has 1 aromatic heterocycles. The number of hydrogen-bond donors (Lipinski definition) is 7. The van der Waals surface area contributed by atoms with Crippen molar-refractivity contribution in [3.8, 4) is 0 Å². The highest BCUT2D eigenvalue weighted by Gasteiger charge is 2.24. The lowest BCUT2D eigenvalue weighted by Crippen LogP contribution is -2.29. The lowest BCUT2D eigenvalue weighted by Gasteiger charge is -2.08. The highest BCUT2D eigenvalue weighted by atomic mass is 16.2. The van der Waals surface area contributed by atoms with E-state index in [-0.39, 0.29) is 55.6 Å². The second kappa shape index (κ2) is 11.7. The minimum atomic E-state index is -0.364. The third kappa shape index (κ3) is 7.88. The molecule has 0 bridgehead atoms. The van der Waals surface area contributed by atoms with Gasteiger partial charge in [0.1, 0.15) is 5.69 Å². The van der Waals surface area contributed by atoms with Crippen LogP contribution in [0.15, 0.2) is 41.5 Å². The van der Waals surface area contributed by atoms with Gasteiger partial charge in [0, 0.05) is 43.4 Å². The number of nitrogens with two attached hydrogens (primary N) is 3. The summed E-state index contributed by atoms with van der Waals surface area (Å²) in [6.07, 6.45) is 4.23. The van der Waals surface area contributed by atoms with Crippen LogP contribution < -0.4 is 33.2 Å². The molecule has 0 saturated heterocycles. The van der Waals surface area contributed by atoms with E-state index in [4.69, 9.17) is 22.6 Å². The van der Waals surface area contributed by atoms with E-state index in [2.05, 4.69) is 20.9 Å². The molecule has 0 spiro atoms. The number of guanidine groups is 1. The number of amides is 3. The van der Waals surface area contributed by atoms with Gasteiger partial charge in [-0.15, -0.1) is 0 Å². The molecule has 1 aliphatic rings. The number of aliphatic imine (C=N–C) groups is 1. The highest BCUT2D eigenvalue weighted by molar-refractivity contribution is 6.06. The van der Waals surface area contributed by atoms with Crippen LogP contribution in [0.2, 0.25) is 0 Å². The molecule has 0 unspecified atom stereocenters. The first-order valence-corrected chi connectivity index (χ1v) is 11.3. The SMILES string of the molecule is N=C(N)CCNC(=O)c1cc(NC(=O)c2ccc(C(=O)NCCN=C(N)N)cc2)cn1CC1CC1. The molecule has 3 rings (SSSR count). The van der Waals surface area contributed by atoms with Gasteiger partial charge in [0.15, 0.2) is 5.96 Å². The lowest BCUT2D eigenvalue weighted by atomic mass is 10.1. The van der Waals surface area contributed by atoms with Gasteiger partial charge in [-0.3, -0.25) is 24.8 Å². The molecule has 0 atom stereocenters. The fourth-order valence-corrected chi connectivity index (χ4v) is 3.33. The molecular weight excluding hydrogens is 450 g/mol. The number of amidine groups is 1. The summed E-state index contributed by atoms with van der Waals surface area (Å²) in [6.45, 7) is 1.50. The van der Waals surface area contributed by atoms with Gasteiger partial charge in [-0.05, 0) is 49.1 Å². The van der Waals surface area contributed by atoms with Crippen molar-refractivity contribution in [2.24, 2.45) is 28.1 Å². The Morgan fingerprint density at radius 3 is 2.20 bits per heavy atom. The van der Waals surface area contributed by atoms with Gasteiger partial charge in [-0.25, -0.2) is 0 Å². The van der Waals surface area contributed by atoms with E-state index in [1.807, 2.05) is 4.57 Å². The summed E-state index contributed by atoms with van der Waals surface area (Å²) in [5, 5.41) is 15.5. The third-order valence-electron chi connectivity index (χ3n) is 5.32. The lowest BCUT2D eigenvalue weighted by molar-refractivity contribution is 0.0940. The van der Waals surface area contributed by atoms with Crippen molar-refractivity contribution < 1.29 is 14.4 Å². The number of aromatic nitrogens is 1. The van der Waals surface area contributed by atoms with Crippen molar-refractivity contribution in [2.75, 3.05) is 25.0 Å². The molecular formula is C23H31N9O3. The number of nitrogens with zero attached hydrogens (tertiary/aromatic N) is 2. The zero-order chi connectivity index (χ0) is 25.4. The van der Waals surface area contributed by atoms with E-state index in [0.717, 1.165) is 12.8 Å². The van der Waals surface area contributed by atoms with Gasteiger partial charge in [0.05, 0.1) is 18.1 Å². The number of benzene rings is 1. The van der Waals surface area contributed by atoms with E-state index in [0.29, 0.717) is 35.0 Å². The fourth-order valence-electron chi connectivity index (χ4n) is 3.33. The number of anilines is 1. The Kier molecular flexibility index (Phi) is 8.43. The molecule has 1 aromatic carbocycles. The first-order chi connectivity index (χ1) is 16.7. The maximum absolute atomic E-state index is 12.7. The number of hydrogen-bond acceptors (Lipinski definition) is 5. The second-order valence-electron chi connectivity index (χ2n) is 8.33. The largest absolute Gasteiger partial charge is 0.388 e. The summed E-state index contributed by atoms with van der Waals surface area (Å²) in [7, 11) is 0. The predicted octanol–water partition coefficient (Wildman–Crippen LogP) is 0.209. The molecule has 186 valence electrons. The zero-order valence-electron chi connectivity index (χ0n) is 19.3. The van der Waals surface area contributed by atoms with Crippen LogP contribution in [0.5, 0.6) is 0 Å². The smallest absolute Gasteiger partial charge is 0.267 e. The van der Waals surface area contributed by atoms with Crippen LogP contribution in [0.3, 0.4) is 0 Å². The van der Waals surface area contributed by atoms with Gasteiger partial charge in [-0.2, -0.15) is 0 Å². The van der Waals surface area contributed by atoms with Crippen LogP contribution in [0, 0.1) is 11.3 Å². The van der Waals surface area contributed by atoms with Crippen LogP contribution in [0.25, 0.3) is 0 Å². The van der Waals surface area contributed by atoms with Gasteiger partial charge in [-0.1, -0.05) is 0 Å². The van der Waals surface area contributed by atoms with Crippen LogP contribution in [-0.4, -0.2) is 53.7 Å². The first kappa shape index (κ1) is 25.3. The minimum absolute atomic E-state index is 0.000980. The average Bonchev–Trinajstić information content (AvgIpc) is 3.54. The quantitative estimate of drug-likeness (QED) is 0.128. The van der Waals surface area contributed by atoms with Crippen LogP contribution in [0.1, 0.15) is 50.5 Å². The van der Waals surface area contributed by atoms with Gasteiger partial charge in [0.25, 0.3) is 17.7 Å². The fraction of sp³-hybridized carbons (Fsp3) is 0.348. The molecule has 0 aliphatic heterocycles. The summed E-state index contributed by atoms with van der Waals surface area (Å²) in [5.74, 6) is -0.480. The van der Waals surface area contributed by atoms with Crippen molar-refractivity contribution >= 4 is 35.2 Å². The summed E-state index contributed by atoms with van der Waals surface area (Å²) >= 11 is 0. The summed E-state index contributed by atoms with van der Waals surface area (Å²) < 4.78 is 1.84. The van der Waals surface area contributed by atoms with Crippen LogP contribution >= 0.6 is 0 Å². The molecule has 3 amide bonds. The van der Waals surface area contributed by atoms with Gasteiger partial charge in [0.2, 0.25) is 0 Å². The summed E-state index contributed by atoms with van der Waals surface area (Å²) in [4.78, 5) is 41.4. The van der Waals surface area contributed by atoms with Crippen molar-refractivity contribution in [1.82, 2.24) is 15.2 Å². The van der Waals surface area contributed by atoms with Crippen molar-refractivity contribution in [3.63, 3.8) is 0 Å². The monoisotopic (exact) mass is 481 g/mol. The second-order valence-corrected chi connectivity index (χ2v) is 8.33. The number of nitrogens with one attached hydrogen (secondary N) is 4. The third-order valence-corrected chi connectivity index (χ3v) is 5.32. The maximum Gasteiger partial charge on any atom is 0.267 e. The molecule has 1 aliphatic carbocycles. The Hall–Kier alpha value is -4.35. The molecule has 1 fully saturated rings.